The van der Waals surface area contributed by atoms with Crippen LogP contribution in [0, 0.1) is 10.1 Å². The first-order chi connectivity index (χ1) is 10.4. The Hall–Kier alpha value is -3.42. The Morgan fingerprint density at radius 2 is 1.64 bits per heavy atom. The number of nitro benzene ring substituents is 1. The van der Waals surface area contributed by atoms with E-state index in [1.54, 1.807) is 0 Å². The molecule has 0 radical (unpaired) electrons. The molecule has 0 amide bonds. The van der Waals surface area contributed by atoms with Crippen LogP contribution < -0.4 is 4.74 Å². The van der Waals surface area contributed by atoms with Crippen molar-refractivity contribution in [2.45, 2.75) is 0 Å². The fraction of sp³-hybridized carbons (Fsp3) is 0. The molecule has 22 heavy (non-hydrogen) atoms. The van der Waals surface area contributed by atoms with Gasteiger partial charge in [-0.1, -0.05) is 0 Å². The topological polar surface area (TPSA) is 127 Å². The molecule has 0 aromatic heterocycles. The van der Waals surface area contributed by atoms with E-state index in [1.807, 2.05) is 0 Å². The van der Waals surface area contributed by atoms with Gasteiger partial charge >= 0.3 is 11.9 Å². The van der Waals surface area contributed by atoms with Gasteiger partial charge in [0.05, 0.1) is 16.6 Å². The molecule has 0 fully saturated rings. The lowest BCUT2D eigenvalue weighted by Gasteiger charge is -2.08. The van der Waals surface area contributed by atoms with Crippen LogP contribution in [0.4, 0.5) is 5.69 Å². The molecule has 0 bridgehead atoms. The summed E-state index contributed by atoms with van der Waals surface area (Å²) in [5.41, 5.74) is -0.528. The molecule has 2 N–H and O–H groups in total. The van der Waals surface area contributed by atoms with E-state index in [4.69, 9.17) is 14.9 Å². The second kappa shape index (κ2) is 5.92. The minimum atomic E-state index is -1.30. The number of benzene rings is 2. The monoisotopic (exact) mass is 303 g/mol. The van der Waals surface area contributed by atoms with E-state index < -0.39 is 16.9 Å². The molecule has 0 unspecified atom stereocenters. The minimum Gasteiger partial charge on any atom is -0.478 e. The molecule has 112 valence electrons. The van der Waals surface area contributed by atoms with Crippen LogP contribution >= 0.6 is 0 Å². The number of nitro groups is 1. The molecule has 0 aliphatic heterocycles. The summed E-state index contributed by atoms with van der Waals surface area (Å²) in [6.07, 6.45) is 0. The molecule has 0 aliphatic rings. The SMILES string of the molecule is O=C(O)c1ccc(Oc2cc([N+](=O)[O-])ccc2C(=O)O)cc1. The highest BCUT2D eigenvalue weighted by molar-refractivity contribution is 5.91. The Kier molecular flexibility index (Phi) is 4.03. The first-order valence-corrected chi connectivity index (χ1v) is 5.91. The molecule has 0 atom stereocenters. The number of non-ortho nitro benzene ring substituents is 1. The van der Waals surface area contributed by atoms with E-state index in [2.05, 4.69) is 0 Å². The van der Waals surface area contributed by atoms with Crippen LogP contribution in [-0.2, 0) is 0 Å². The maximum atomic E-state index is 11.1. The molecule has 8 heteroatoms. The van der Waals surface area contributed by atoms with E-state index in [1.165, 1.54) is 24.3 Å². The highest BCUT2D eigenvalue weighted by Gasteiger charge is 2.17. The van der Waals surface area contributed by atoms with Crippen LogP contribution in [0.25, 0.3) is 0 Å². The zero-order chi connectivity index (χ0) is 16.3. The van der Waals surface area contributed by atoms with Crippen molar-refractivity contribution in [3.05, 3.63) is 63.7 Å². The largest absolute Gasteiger partial charge is 0.478 e. The molecule has 0 saturated carbocycles. The molecular weight excluding hydrogens is 294 g/mol. The molecule has 2 aromatic rings. The van der Waals surface area contributed by atoms with Gasteiger partial charge in [-0.25, -0.2) is 9.59 Å². The van der Waals surface area contributed by atoms with Crippen LogP contribution in [-0.4, -0.2) is 27.1 Å². The van der Waals surface area contributed by atoms with Crippen LogP contribution in [0.15, 0.2) is 42.5 Å². The third-order valence-electron chi connectivity index (χ3n) is 2.74. The Morgan fingerprint density at radius 3 is 2.14 bits per heavy atom. The minimum absolute atomic E-state index is 0.0323. The number of aromatic carboxylic acids is 2. The number of carboxylic acids is 2. The summed E-state index contributed by atoms with van der Waals surface area (Å²) in [4.78, 5) is 31.9. The number of carboxylic acid groups (broad SMARTS) is 2. The van der Waals surface area contributed by atoms with Crippen molar-refractivity contribution in [2.75, 3.05) is 0 Å². The highest BCUT2D eigenvalue weighted by Crippen LogP contribution is 2.29. The summed E-state index contributed by atoms with van der Waals surface area (Å²) in [6, 6.07) is 8.33. The molecule has 2 aromatic carbocycles. The third-order valence-corrected chi connectivity index (χ3v) is 2.74. The van der Waals surface area contributed by atoms with Gasteiger partial charge in [-0.05, 0) is 30.3 Å². The lowest BCUT2D eigenvalue weighted by molar-refractivity contribution is -0.384. The quantitative estimate of drug-likeness (QED) is 0.642. The first-order valence-electron chi connectivity index (χ1n) is 5.91. The number of hydrogen-bond donors (Lipinski definition) is 2. The number of carbonyl (C=O) groups is 2. The average molecular weight is 303 g/mol. The zero-order valence-corrected chi connectivity index (χ0v) is 10.9. The van der Waals surface area contributed by atoms with Crippen molar-refractivity contribution in [2.24, 2.45) is 0 Å². The smallest absolute Gasteiger partial charge is 0.339 e. The van der Waals surface area contributed by atoms with Crippen molar-refractivity contribution in [1.82, 2.24) is 0 Å². The standard InChI is InChI=1S/C14H9NO7/c16-13(17)8-1-4-10(5-2-8)22-12-7-9(15(20)21)3-6-11(12)14(18)19/h1-7H,(H,16,17)(H,18,19). The predicted molar refractivity (Wildman–Crippen MR) is 73.5 cm³/mol. The van der Waals surface area contributed by atoms with E-state index in [9.17, 15) is 19.7 Å². The summed E-state index contributed by atoms with van der Waals surface area (Å²) < 4.78 is 5.32. The van der Waals surface area contributed by atoms with E-state index >= 15 is 0 Å². The van der Waals surface area contributed by atoms with Gasteiger partial charge in [-0.3, -0.25) is 10.1 Å². The molecular formula is C14H9NO7. The van der Waals surface area contributed by atoms with Crippen molar-refractivity contribution in [3.8, 4) is 11.5 Å². The summed E-state index contributed by atoms with van der Waals surface area (Å²) in [6.45, 7) is 0. The van der Waals surface area contributed by atoms with Gasteiger partial charge in [-0.15, -0.1) is 0 Å². The fourth-order valence-corrected chi connectivity index (χ4v) is 1.68. The fourth-order valence-electron chi connectivity index (χ4n) is 1.68. The van der Waals surface area contributed by atoms with Crippen LogP contribution in [0.3, 0.4) is 0 Å². The Balaban J connectivity index is 2.38. The second-order valence-corrected chi connectivity index (χ2v) is 4.17. The zero-order valence-electron chi connectivity index (χ0n) is 10.9. The number of rotatable bonds is 5. The molecule has 0 spiro atoms. The lowest BCUT2D eigenvalue weighted by Crippen LogP contribution is -2.01. The van der Waals surface area contributed by atoms with Gasteiger partial charge in [0.1, 0.15) is 17.1 Å². The van der Waals surface area contributed by atoms with Crippen LogP contribution in [0.1, 0.15) is 20.7 Å². The van der Waals surface area contributed by atoms with Gasteiger partial charge in [-0.2, -0.15) is 0 Å². The number of nitrogens with zero attached hydrogens (tertiary/aromatic N) is 1. The van der Waals surface area contributed by atoms with Crippen molar-refractivity contribution >= 4 is 17.6 Å². The Labute approximate surface area is 123 Å². The maximum absolute atomic E-state index is 11.1. The van der Waals surface area contributed by atoms with E-state index in [-0.39, 0.29) is 28.3 Å². The Bertz CT molecular complexity index is 752. The number of hydrogen-bond acceptors (Lipinski definition) is 5. The number of ether oxygens (including phenoxy) is 1. The first kappa shape index (κ1) is 15.0. The third kappa shape index (κ3) is 3.18. The molecule has 8 nitrogen and oxygen atoms in total. The maximum Gasteiger partial charge on any atom is 0.339 e. The normalized spacial score (nSPS) is 10.0. The van der Waals surface area contributed by atoms with Gasteiger partial charge in [0.15, 0.2) is 0 Å². The molecule has 0 heterocycles. The molecule has 0 saturated heterocycles. The van der Waals surface area contributed by atoms with E-state index in [0.29, 0.717) is 0 Å². The molecule has 0 aliphatic carbocycles. The van der Waals surface area contributed by atoms with E-state index in [0.717, 1.165) is 18.2 Å². The van der Waals surface area contributed by atoms with Crippen molar-refractivity contribution in [3.63, 3.8) is 0 Å². The van der Waals surface area contributed by atoms with Crippen LogP contribution in [0.2, 0.25) is 0 Å². The summed E-state index contributed by atoms with van der Waals surface area (Å²) in [5.74, 6) is -2.46. The van der Waals surface area contributed by atoms with Crippen molar-refractivity contribution < 1.29 is 29.5 Å². The van der Waals surface area contributed by atoms with Gasteiger partial charge in [0, 0.05) is 6.07 Å². The molecule has 2 rings (SSSR count). The van der Waals surface area contributed by atoms with Gasteiger partial charge in [0.2, 0.25) is 0 Å². The van der Waals surface area contributed by atoms with Gasteiger partial charge < -0.3 is 14.9 Å². The van der Waals surface area contributed by atoms with Crippen molar-refractivity contribution in [1.29, 1.82) is 0 Å². The highest BCUT2D eigenvalue weighted by atomic mass is 16.6. The second-order valence-electron chi connectivity index (χ2n) is 4.17. The summed E-state index contributed by atoms with van der Waals surface area (Å²) in [5, 5.41) is 28.6. The summed E-state index contributed by atoms with van der Waals surface area (Å²) >= 11 is 0. The predicted octanol–water partition coefficient (Wildman–Crippen LogP) is 2.78. The Morgan fingerprint density at radius 1 is 1.00 bits per heavy atom. The average Bonchev–Trinajstić information content (AvgIpc) is 2.47. The lowest BCUT2D eigenvalue weighted by atomic mass is 10.1. The summed E-state index contributed by atoms with van der Waals surface area (Å²) in [7, 11) is 0. The van der Waals surface area contributed by atoms with Crippen LogP contribution in [0.5, 0.6) is 11.5 Å². The van der Waals surface area contributed by atoms with Gasteiger partial charge in [0.25, 0.3) is 5.69 Å².